The van der Waals surface area contributed by atoms with Gasteiger partial charge in [-0.3, -0.25) is 4.21 Å². The molecule has 16 heavy (non-hydrogen) atoms. The van der Waals surface area contributed by atoms with Crippen LogP contribution in [0.2, 0.25) is 0 Å². The molecule has 0 aliphatic carbocycles. The summed E-state index contributed by atoms with van der Waals surface area (Å²) in [6, 6.07) is -0.0876. The van der Waals surface area contributed by atoms with Gasteiger partial charge in [-0.25, -0.2) is 8.42 Å². The summed E-state index contributed by atoms with van der Waals surface area (Å²) in [4.78, 5) is 0. The van der Waals surface area contributed by atoms with Crippen LogP contribution in [0.5, 0.6) is 0 Å². The zero-order valence-corrected chi connectivity index (χ0v) is 11.9. The molecule has 0 bridgehead atoms. The Morgan fingerprint density at radius 3 is 2.25 bits per heavy atom. The Labute approximate surface area is 101 Å². The highest BCUT2D eigenvalue weighted by Crippen LogP contribution is 2.11. The second kappa shape index (κ2) is 7.40. The highest BCUT2D eigenvalue weighted by Gasteiger charge is 2.22. The summed E-state index contributed by atoms with van der Waals surface area (Å²) < 4.78 is 33.9. The Morgan fingerprint density at radius 1 is 1.31 bits per heavy atom. The molecule has 6 heteroatoms. The first-order chi connectivity index (χ1) is 7.31. The number of hydrogen-bond donors (Lipinski definition) is 1. The molecular formula is C10H23NO3S2. The molecular weight excluding hydrogens is 246 g/mol. The van der Waals surface area contributed by atoms with Crippen LogP contribution in [-0.4, -0.2) is 41.7 Å². The molecule has 0 aliphatic heterocycles. The predicted octanol–water partition coefficient (Wildman–Crippen LogP) is 0.686. The third-order valence-corrected chi connectivity index (χ3v) is 5.66. The lowest BCUT2D eigenvalue weighted by Crippen LogP contribution is -2.39. The van der Waals surface area contributed by atoms with Gasteiger partial charge in [0.15, 0.2) is 0 Å². The van der Waals surface area contributed by atoms with E-state index in [-0.39, 0.29) is 22.8 Å². The fourth-order valence-electron chi connectivity index (χ4n) is 1.59. The van der Waals surface area contributed by atoms with Crippen molar-refractivity contribution in [1.29, 1.82) is 0 Å². The summed E-state index contributed by atoms with van der Waals surface area (Å²) in [6.45, 7) is 3.98. The Morgan fingerprint density at radius 2 is 1.88 bits per heavy atom. The van der Waals surface area contributed by atoms with E-state index in [0.29, 0.717) is 0 Å². The van der Waals surface area contributed by atoms with Gasteiger partial charge in [0.25, 0.3) is 0 Å². The molecule has 4 nitrogen and oxygen atoms in total. The van der Waals surface area contributed by atoms with Crippen molar-refractivity contribution in [3.8, 4) is 0 Å². The highest BCUT2D eigenvalue weighted by atomic mass is 32.2. The number of hydrogen-bond acceptors (Lipinski definition) is 4. The monoisotopic (exact) mass is 269 g/mol. The molecule has 2 N–H and O–H groups in total. The standard InChI is InChI=1S/C10H23NO3S2/c1-4-6-9(11)10(5-2)15(12)7-8-16(3,13)14/h9-10H,4-8,11H2,1-3H3. The Balaban J connectivity index is 4.31. The van der Waals surface area contributed by atoms with Crippen LogP contribution in [0, 0.1) is 0 Å². The maximum absolute atomic E-state index is 11.9. The van der Waals surface area contributed by atoms with E-state index < -0.39 is 20.6 Å². The lowest BCUT2D eigenvalue weighted by atomic mass is 10.1. The van der Waals surface area contributed by atoms with E-state index in [1.54, 1.807) is 0 Å². The van der Waals surface area contributed by atoms with Crippen molar-refractivity contribution < 1.29 is 12.6 Å². The molecule has 0 saturated heterocycles. The molecule has 0 aromatic carbocycles. The summed E-state index contributed by atoms with van der Waals surface area (Å²) >= 11 is 0. The molecule has 0 rings (SSSR count). The quantitative estimate of drug-likeness (QED) is 0.703. The van der Waals surface area contributed by atoms with Crippen LogP contribution in [0.4, 0.5) is 0 Å². The molecule has 3 unspecified atom stereocenters. The van der Waals surface area contributed by atoms with Crippen molar-refractivity contribution in [2.24, 2.45) is 5.73 Å². The van der Waals surface area contributed by atoms with Crippen molar-refractivity contribution in [3.63, 3.8) is 0 Å². The molecule has 0 radical (unpaired) electrons. The summed E-state index contributed by atoms with van der Waals surface area (Å²) in [7, 11) is -4.17. The van der Waals surface area contributed by atoms with Gasteiger partial charge in [0.2, 0.25) is 0 Å². The predicted molar refractivity (Wildman–Crippen MR) is 69.7 cm³/mol. The molecule has 98 valence electrons. The number of rotatable bonds is 8. The summed E-state index contributed by atoms with van der Waals surface area (Å²) in [5.41, 5.74) is 5.94. The second-order valence-electron chi connectivity index (χ2n) is 4.11. The topological polar surface area (TPSA) is 77.2 Å². The van der Waals surface area contributed by atoms with Gasteiger partial charge in [-0.05, 0) is 12.8 Å². The fourth-order valence-corrected chi connectivity index (χ4v) is 4.66. The molecule has 0 aromatic heterocycles. The van der Waals surface area contributed by atoms with Crippen molar-refractivity contribution in [2.45, 2.75) is 44.4 Å². The smallest absolute Gasteiger partial charge is 0.148 e. The van der Waals surface area contributed by atoms with Gasteiger partial charge in [0.1, 0.15) is 9.84 Å². The first kappa shape index (κ1) is 16.1. The maximum Gasteiger partial charge on any atom is 0.148 e. The number of sulfone groups is 1. The van der Waals surface area contributed by atoms with Crippen LogP contribution in [0.25, 0.3) is 0 Å². The molecule has 3 atom stereocenters. The minimum absolute atomic E-state index is 0.0189. The van der Waals surface area contributed by atoms with E-state index in [9.17, 15) is 12.6 Å². The molecule has 0 aromatic rings. The van der Waals surface area contributed by atoms with Crippen LogP contribution in [0.1, 0.15) is 33.1 Å². The highest BCUT2D eigenvalue weighted by molar-refractivity contribution is 7.92. The number of nitrogens with two attached hydrogens (primary N) is 1. The van der Waals surface area contributed by atoms with Gasteiger partial charge in [0, 0.05) is 34.1 Å². The fraction of sp³-hybridized carbons (Fsp3) is 1.00. The van der Waals surface area contributed by atoms with E-state index in [4.69, 9.17) is 5.73 Å². The van der Waals surface area contributed by atoms with Crippen molar-refractivity contribution in [3.05, 3.63) is 0 Å². The Hall–Kier alpha value is 0.0600. The van der Waals surface area contributed by atoms with Crippen LogP contribution < -0.4 is 5.73 Å². The molecule has 0 spiro atoms. The second-order valence-corrected chi connectivity index (χ2v) is 8.15. The van der Waals surface area contributed by atoms with Crippen LogP contribution in [0.3, 0.4) is 0 Å². The Bertz CT molecular complexity index is 314. The van der Waals surface area contributed by atoms with E-state index in [1.807, 2.05) is 13.8 Å². The van der Waals surface area contributed by atoms with Gasteiger partial charge < -0.3 is 5.73 Å². The Kier molecular flexibility index (Phi) is 7.43. The molecule has 0 fully saturated rings. The zero-order chi connectivity index (χ0) is 12.8. The lowest BCUT2D eigenvalue weighted by Gasteiger charge is -2.21. The third kappa shape index (κ3) is 6.60. The minimum Gasteiger partial charge on any atom is -0.327 e. The van der Waals surface area contributed by atoms with E-state index in [2.05, 4.69) is 0 Å². The molecule has 0 aliphatic rings. The van der Waals surface area contributed by atoms with Gasteiger partial charge in [-0.2, -0.15) is 0 Å². The van der Waals surface area contributed by atoms with Crippen LogP contribution in [0.15, 0.2) is 0 Å². The van der Waals surface area contributed by atoms with Gasteiger partial charge in [-0.1, -0.05) is 20.3 Å². The lowest BCUT2D eigenvalue weighted by molar-refractivity contribution is 0.550. The van der Waals surface area contributed by atoms with E-state index in [0.717, 1.165) is 25.5 Å². The molecule has 0 amide bonds. The van der Waals surface area contributed by atoms with Gasteiger partial charge >= 0.3 is 0 Å². The van der Waals surface area contributed by atoms with Crippen molar-refractivity contribution in [2.75, 3.05) is 17.8 Å². The largest absolute Gasteiger partial charge is 0.327 e. The third-order valence-electron chi connectivity index (χ3n) is 2.49. The first-order valence-corrected chi connectivity index (χ1v) is 9.06. The summed E-state index contributed by atoms with van der Waals surface area (Å²) in [6.07, 6.45) is 3.69. The summed E-state index contributed by atoms with van der Waals surface area (Å²) in [5.74, 6) is 0.184. The van der Waals surface area contributed by atoms with E-state index >= 15 is 0 Å². The SMILES string of the molecule is CCCC(N)C(CC)S(=O)CCS(C)(=O)=O. The van der Waals surface area contributed by atoms with Crippen LogP contribution in [-0.2, 0) is 20.6 Å². The molecule has 0 saturated carbocycles. The van der Waals surface area contributed by atoms with Gasteiger partial charge in [0.05, 0.1) is 5.75 Å². The normalized spacial score (nSPS) is 18.0. The molecule has 0 heterocycles. The average Bonchev–Trinajstić information content (AvgIpc) is 2.15. The zero-order valence-electron chi connectivity index (χ0n) is 10.3. The summed E-state index contributed by atoms with van der Waals surface area (Å²) in [5, 5.41) is -0.0818. The van der Waals surface area contributed by atoms with Gasteiger partial charge in [-0.15, -0.1) is 0 Å². The minimum atomic E-state index is -3.03. The first-order valence-electron chi connectivity index (χ1n) is 5.62. The van der Waals surface area contributed by atoms with E-state index in [1.165, 1.54) is 0 Å². The van der Waals surface area contributed by atoms with Crippen molar-refractivity contribution >= 4 is 20.6 Å². The van der Waals surface area contributed by atoms with Crippen molar-refractivity contribution in [1.82, 2.24) is 0 Å². The average molecular weight is 269 g/mol. The maximum atomic E-state index is 11.9. The van der Waals surface area contributed by atoms with Crippen LogP contribution >= 0.6 is 0 Å².